The van der Waals surface area contributed by atoms with Crippen LogP contribution in [0.5, 0.6) is 0 Å². The molecule has 6 heterocycles. The molecule has 6 aromatic heterocycles. The molecule has 0 radical (unpaired) electrons. The van der Waals surface area contributed by atoms with Crippen LogP contribution in [0.15, 0.2) is 59.8 Å². The summed E-state index contributed by atoms with van der Waals surface area (Å²) in [5.74, 6) is 0.770. The number of aromatic nitrogens is 7. The largest absolute Gasteiger partial charge is 0.335 e. The predicted octanol–water partition coefficient (Wildman–Crippen LogP) is 6.21. The van der Waals surface area contributed by atoms with E-state index in [1.54, 1.807) is 29.9 Å². The number of nitrogens with one attached hydrogen (secondary N) is 3. The van der Waals surface area contributed by atoms with Gasteiger partial charge in [0.1, 0.15) is 11.0 Å². The molecule has 0 aromatic carbocycles. The zero-order valence-electron chi connectivity index (χ0n) is 20.4. The second kappa shape index (κ2) is 9.46. The molecule has 3 N–H and O–H groups in total. The van der Waals surface area contributed by atoms with E-state index in [-0.39, 0.29) is 11.8 Å². The van der Waals surface area contributed by atoms with Gasteiger partial charge in [-0.2, -0.15) is 16.4 Å². The van der Waals surface area contributed by atoms with Crippen molar-refractivity contribution in [2.75, 3.05) is 5.32 Å². The van der Waals surface area contributed by atoms with Crippen LogP contribution in [0.4, 0.5) is 5.69 Å². The van der Waals surface area contributed by atoms with Crippen molar-refractivity contribution in [3.8, 4) is 33.9 Å². The lowest BCUT2D eigenvalue weighted by atomic mass is 9.88. The first-order chi connectivity index (χ1) is 18.7. The van der Waals surface area contributed by atoms with Crippen LogP contribution in [0.1, 0.15) is 32.1 Å². The van der Waals surface area contributed by atoms with Crippen LogP contribution in [-0.4, -0.2) is 41.0 Å². The molecule has 1 aliphatic rings. The van der Waals surface area contributed by atoms with Crippen molar-refractivity contribution in [2.45, 2.75) is 32.1 Å². The van der Waals surface area contributed by atoms with Crippen LogP contribution in [-0.2, 0) is 4.79 Å². The first-order valence-corrected chi connectivity index (χ1v) is 13.7. The third-order valence-corrected chi connectivity index (χ3v) is 7.82. The number of hydrogen-bond acceptors (Lipinski definition) is 7. The van der Waals surface area contributed by atoms with Gasteiger partial charge in [-0.15, -0.1) is 0 Å². The fourth-order valence-corrected chi connectivity index (χ4v) is 5.81. The van der Waals surface area contributed by atoms with E-state index in [2.05, 4.69) is 41.9 Å². The molecule has 0 unspecified atom stereocenters. The summed E-state index contributed by atoms with van der Waals surface area (Å²) in [6.07, 6.45) is 12.4. The lowest BCUT2D eigenvalue weighted by Gasteiger charge is -2.20. The van der Waals surface area contributed by atoms with Gasteiger partial charge in [0.2, 0.25) is 5.91 Å². The Kier molecular flexibility index (Phi) is 5.66. The van der Waals surface area contributed by atoms with Crippen LogP contribution in [0.3, 0.4) is 0 Å². The van der Waals surface area contributed by atoms with E-state index in [1.165, 1.54) is 6.42 Å². The lowest BCUT2D eigenvalue weighted by Crippen LogP contribution is -2.24. The van der Waals surface area contributed by atoms with Gasteiger partial charge in [0.15, 0.2) is 11.5 Å². The smallest absolute Gasteiger partial charge is 0.227 e. The summed E-state index contributed by atoms with van der Waals surface area (Å²) in [6, 6.07) is 7.85. The molecular formula is C28H24N8OS. The van der Waals surface area contributed by atoms with Gasteiger partial charge in [-0.1, -0.05) is 19.3 Å². The fourth-order valence-electron chi connectivity index (χ4n) is 5.16. The molecule has 1 aliphatic carbocycles. The van der Waals surface area contributed by atoms with E-state index in [4.69, 9.17) is 9.97 Å². The first-order valence-electron chi connectivity index (χ1n) is 12.7. The number of nitrogens with zero attached hydrogens (tertiary/aromatic N) is 5. The number of hydrogen-bond donors (Lipinski definition) is 3. The van der Waals surface area contributed by atoms with Gasteiger partial charge < -0.3 is 10.3 Å². The molecule has 0 atom stereocenters. The molecule has 1 fully saturated rings. The van der Waals surface area contributed by atoms with Gasteiger partial charge in [-0.3, -0.25) is 19.9 Å². The Labute approximate surface area is 221 Å². The molecule has 0 spiro atoms. The average molecular weight is 521 g/mol. The van der Waals surface area contributed by atoms with Crippen molar-refractivity contribution in [1.29, 1.82) is 0 Å². The fraction of sp³-hybridized carbons (Fsp3) is 0.214. The molecule has 6 aromatic rings. The quantitative estimate of drug-likeness (QED) is 0.248. The highest BCUT2D eigenvalue weighted by molar-refractivity contribution is 7.08. The number of imidazole rings is 1. The summed E-state index contributed by atoms with van der Waals surface area (Å²) in [5.41, 5.74) is 8.08. The standard InChI is InChI=1S/C28H24N8OS/c37-28(16-4-2-1-3-5-16)31-19-10-18(11-29-12-19)21-6-7-22-25(32-21)26(36-35-22)27-33-23-14-30-13-20(24(23)34-27)17-8-9-38-15-17/h6-16H,1-5H2,(H,31,37)(H,33,34)(H,35,36). The van der Waals surface area contributed by atoms with Gasteiger partial charge in [-0.25, -0.2) is 9.97 Å². The Morgan fingerprint density at radius 1 is 0.921 bits per heavy atom. The molecule has 0 aliphatic heterocycles. The molecule has 0 bridgehead atoms. The molecule has 188 valence electrons. The summed E-state index contributed by atoms with van der Waals surface area (Å²) in [7, 11) is 0. The van der Waals surface area contributed by atoms with E-state index in [9.17, 15) is 4.79 Å². The summed E-state index contributed by atoms with van der Waals surface area (Å²) < 4.78 is 0. The highest BCUT2D eigenvalue weighted by Gasteiger charge is 2.21. The van der Waals surface area contributed by atoms with Crippen molar-refractivity contribution in [3.63, 3.8) is 0 Å². The molecule has 1 saturated carbocycles. The Bertz CT molecular complexity index is 1760. The van der Waals surface area contributed by atoms with Gasteiger partial charge in [0, 0.05) is 29.4 Å². The zero-order chi connectivity index (χ0) is 25.5. The molecular weight excluding hydrogens is 496 g/mol. The summed E-state index contributed by atoms with van der Waals surface area (Å²) in [5, 5.41) is 14.8. The Morgan fingerprint density at radius 3 is 2.68 bits per heavy atom. The maximum atomic E-state index is 12.7. The minimum atomic E-state index is 0.0744. The molecule has 7 rings (SSSR count). The monoisotopic (exact) mass is 520 g/mol. The van der Waals surface area contributed by atoms with Crippen LogP contribution >= 0.6 is 11.3 Å². The number of carbonyl (C=O) groups excluding carboxylic acids is 1. The normalized spacial score (nSPS) is 14.3. The van der Waals surface area contributed by atoms with Crippen LogP contribution in [0, 0.1) is 5.92 Å². The van der Waals surface area contributed by atoms with Crippen LogP contribution in [0.2, 0.25) is 0 Å². The topological polar surface area (TPSA) is 125 Å². The van der Waals surface area contributed by atoms with Gasteiger partial charge in [0.05, 0.1) is 34.8 Å². The van der Waals surface area contributed by atoms with E-state index in [0.717, 1.165) is 64.6 Å². The first kappa shape index (κ1) is 22.7. The van der Waals surface area contributed by atoms with Crippen molar-refractivity contribution in [3.05, 3.63) is 59.8 Å². The summed E-state index contributed by atoms with van der Waals surface area (Å²) in [4.78, 5) is 34.7. The van der Waals surface area contributed by atoms with Crippen molar-refractivity contribution in [1.82, 2.24) is 35.1 Å². The highest BCUT2D eigenvalue weighted by Crippen LogP contribution is 2.32. The Hall–Kier alpha value is -4.44. The van der Waals surface area contributed by atoms with Gasteiger partial charge in [0.25, 0.3) is 0 Å². The number of amides is 1. The maximum absolute atomic E-state index is 12.7. The van der Waals surface area contributed by atoms with Crippen LogP contribution in [0.25, 0.3) is 56.0 Å². The molecule has 10 heteroatoms. The summed E-state index contributed by atoms with van der Waals surface area (Å²) in [6.45, 7) is 0. The van der Waals surface area contributed by atoms with E-state index < -0.39 is 0 Å². The Morgan fingerprint density at radius 2 is 1.82 bits per heavy atom. The summed E-state index contributed by atoms with van der Waals surface area (Å²) >= 11 is 1.64. The Balaban J connectivity index is 1.23. The third kappa shape index (κ3) is 4.12. The second-order valence-electron chi connectivity index (χ2n) is 9.63. The van der Waals surface area contributed by atoms with E-state index >= 15 is 0 Å². The minimum absolute atomic E-state index is 0.0744. The average Bonchev–Trinajstić information content (AvgIpc) is 3.73. The molecule has 9 nitrogen and oxygen atoms in total. The van der Waals surface area contributed by atoms with Crippen molar-refractivity contribution in [2.24, 2.45) is 5.92 Å². The van der Waals surface area contributed by atoms with Gasteiger partial charge >= 0.3 is 0 Å². The minimum Gasteiger partial charge on any atom is -0.335 e. The highest BCUT2D eigenvalue weighted by atomic mass is 32.1. The predicted molar refractivity (Wildman–Crippen MR) is 149 cm³/mol. The number of fused-ring (bicyclic) bond motifs is 2. The number of aromatic amines is 2. The molecule has 0 saturated heterocycles. The number of anilines is 1. The number of carbonyl (C=O) groups is 1. The lowest BCUT2D eigenvalue weighted by molar-refractivity contribution is -0.120. The van der Waals surface area contributed by atoms with Crippen molar-refractivity contribution < 1.29 is 4.79 Å². The van der Waals surface area contributed by atoms with Crippen LogP contribution < -0.4 is 5.32 Å². The number of thiophene rings is 1. The number of rotatable bonds is 5. The zero-order valence-corrected chi connectivity index (χ0v) is 21.3. The van der Waals surface area contributed by atoms with Crippen molar-refractivity contribution >= 4 is 45.0 Å². The number of H-pyrrole nitrogens is 2. The third-order valence-electron chi connectivity index (χ3n) is 7.14. The second-order valence-corrected chi connectivity index (χ2v) is 10.4. The molecule has 1 amide bonds. The molecule has 38 heavy (non-hydrogen) atoms. The van der Waals surface area contributed by atoms with Gasteiger partial charge in [-0.05, 0) is 53.4 Å². The number of pyridine rings is 3. The van der Waals surface area contributed by atoms with E-state index in [1.807, 2.05) is 29.8 Å². The maximum Gasteiger partial charge on any atom is 0.227 e. The van der Waals surface area contributed by atoms with E-state index in [0.29, 0.717) is 22.7 Å². The SMILES string of the molecule is O=C(Nc1cncc(-c2ccc3[nH]nc(-c4nc5c(-c6ccsc6)cncc5[nH]4)c3n2)c1)C1CCCCC1.